The topological polar surface area (TPSA) is 150 Å². The lowest BCUT2D eigenvalue weighted by molar-refractivity contribution is -0.150. The van der Waals surface area contributed by atoms with Gasteiger partial charge in [-0.2, -0.15) is 0 Å². The van der Waals surface area contributed by atoms with Gasteiger partial charge in [-0.1, -0.05) is 0 Å². The minimum absolute atomic E-state index is 0.0330. The molecule has 3 heterocycles. The van der Waals surface area contributed by atoms with E-state index in [-0.39, 0.29) is 43.7 Å². The largest absolute Gasteiger partial charge is 0.479 e. The van der Waals surface area contributed by atoms with Gasteiger partial charge < -0.3 is 29.7 Å². The number of nitrogens with one attached hydrogen (secondary N) is 2. The van der Waals surface area contributed by atoms with Crippen molar-refractivity contribution in [3.8, 4) is 0 Å². The van der Waals surface area contributed by atoms with E-state index in [1.165, 1.54) is 13.1 Å². The molecule has 32 heavy (non-hydrogen) atoms. The molecule has 2 aliphatic heterocycles. The van der Waals surface area contributed by atoms with Gasteiger partial charge in [-0.05, 0) is 19.1 Å². The monoisotopic (exact) mass is 449 g/mol. The average molecular weight is 449 g/mol. The first-order chi connectivity index (χ1) is 15.3. The summed E-state index contributed by atoms with van der Waals surface area (Å²) in [4.78, 5) is 53.9. The zero-order valence-corrected chi connectivity index (χ0v) is 17.8. The van der Waals surface area contributed by atoms with Gasteiger partial charge >= 0.3 is 12.0 Å². The molecule has 12 heteroatoms. The van der Waals surface area contributed by atoms with Crippen molar-refractivity contribution in [1.29, 1.82) is 0 Å². The number of amides is 4. The van der Waals surface area contributed by atoms with Crippen LogP contribution in [0.3, 0.4) is 0 Å². The van der Waals surface area contributed by atoms with Crippen molar-refractivity contribution in [1.82, 2.24) is 20.5 Å². The van der Waals surface area contributed by atoms with Crippen LogP contribution in [-0.4, -0.2) is 97.0 Å². The molecular weight excluding hydrogens is 422 g/mol. The van der Waals surface area contributed by atoms with Crippen LogP contribution in [0.15, 0.2) is 18.3 Å². The average Bonchev–Trinajstić information content (AvgIpc) is 2.73. The van der Waals surface area contributed by atoms with Crippen LogP contribution >= 0.6 is 0 Å². The number of anilines is 1. The molecule has 0 spiro atoms. The van der Waals surface area contributed by atoms with Gasteiger partial charge in [-0.3, -0.25) is 14.9 Å². The SMILES string of the molecule is CC(OCCOCCNC(=O)c1ccc(N2CC(N3CCC(=O)NC3=O)C2)nc1)C(=O)O. The second-order valence-electron chi connectivity index (χ2n) is 7.48. The second kappa shape index (κ2) is 10.9. The third-order valence-corrected chi connectivity index (χ3v) is 5.20. The first kappa shape index (κ1) is 23.4. The maximum Gasteiger partial charge on any atom is 0.332 e. The summed E-state index contributed by atoms with van der Waals surface area (Å²) in [5, 5.41) is 13.7. The molecule has 1 aromatic heterocycles. The zero-order chi connectivity index (χ0) is 23.1. The Morgan fingerprint density at radius 2 is 2.06 bits per heavy atom. The molecule has 174 valence electrons. The van der Waals surface area contributed by atoms with Crippen molar-refractivity contribution in [2.45, 2.75) is 25.5 Å². The number of hydrogen-bond donors (Lipinski definition) is 3. The standard InChI is InChI=1S/C20H27N5O7/c1-13(19(28)29)32-9-8-31-7-5-21-18(27)14-2-3-16(22-10-14)24-11-15(12-24)25-6-4-17(26)23-20(25)30/h2-3,10,13,15H,4-9,11-12H2,1H3,(H,21,27)(H,28,29)(H,23,26,30). The van der Waals surface area contributed by atoms with Crippen molar-refractivity contribution >= 4 is 29.6 Å². The summed E-state index contributed by atoms with van der Waals surface area (Å²) < 4.78 is 10.3. The van der Waals surface area contributed by atoms with E-state index in [4.69, 9.17) is 14.6 Å². The highest BCUT2D eigenvalue weighted by Crippen LogP contribution is 2.23. The first-order valence-corrected chi connectivity index (χ1v) is 10.4. The number of hydrogen-bond acceptors (Lipinski definition) is 8. The fourth-order valence-electron chi connectivity index (χ4n) is 3.27. The van der Waals surface area contributed by atoms with Crippen LogP contribution in [0.5, 0.6) is 0 Å². The number of aliphatic carboxylic acids is 1. The number of rotatable bonds is 11. The third kappa shape index (κ3) is 6.14. The van der Waals surface area contributed by atoms with E-state index in [1.807, 2.05) is 4.90 Å². The molecule has 0 aromatic carbocycles. The molecule has 1 aromatic rings. The van der Waals surface area contributed by atoms with Gasteiger partial charge in [-0.15, -0.1) is 0 Å². The number of urea groups is 1. The molecule has 1 unspecified atom stereocenters. The molecule has 3 N–H and O–H groups in total. The van der Waals surface area contributed by atoms with Crippen molar-refractivity contribution in [2.24, 2.45) is 0 Å². The highest BCUT2D eigenvalue weighted by atomic mass is 16.5. The number of imide groups is 1. The van der Waals surface area contributed by atoms with Crippen molar-refractivity contribution < 1.29 is 33.8 Å². The molecule has 0 radical (unpaired) electrons. The number of aromatic nitrogens is 1. The van der Waals surface area contributed by atoms with Gasteiger partial charge in [-0.25, -0.2) is 14.6 Å². The lowest BCUT2D eigenvalue weighted by Crippen LogP contribution is -2.65. The van der Waals surface area contributed by atoms with E-state index in [0.29, 0.717) is 44.0 Å². The van der Waals surface area contributed by atoms with E-state index < -0.39 is 12.1 Å². The van der Waals surface area contributed by atoms with Crippen LogP contribution in [0.25, 0.3) is 0 Å². The van der Waals surface area contributed by atoms with E-state index >= 15 is 0 Å². The lowest BCUT2D eigenvalue weighted by Gasteiger charge is -2.46. The van der Waals surface area contributed by atoms with E-state index in [9.17, 15) is 19.2 Å². The maximum atomic E-state index is 12.2. The fraction of sp³-hybridized carbons (Fsp3) is 0.550. The van der Waals surface area contributed by atoms with Crippen molar-refractivity contribution in [2.75, 3.05) is 50.9 Å². The molecule has 4 amide bonds. The number of carbonyl (C=O) groups is 4. The normalized spacial score (nSPS) is 17.5. The summed E-state index contributed by atoms with van der Waals surface area (Å²) in [5.41, 5.74) is 0.415. The summed E-state index contributed by atoms with van der Waals surface area (Å²) in [6, 6.07) is 3.12. The van der Waals surface area contributed by atoms with Crippen LogP contribution in [-0.2, 0) is 19.1 Å². The van der Waals surface area contributed by atoms with Gasteiger partial charge in [0.2, 0.25) is 5.91 Å². The molecular formula is C20H27N5O7. The highest BCUT2D eigenvalue weighted by molar-refractivity contribution is 5.97. The Labute approximate surface area is 184 Å². The number of nitrogens with zero attached hydrogens (tertiary/aromatic N) is 3. The predicted molar refractivity (Wildman–Crippen MR) is 111 cm³/mol. The summed E-state index contributed by atoms with van der Waals surface area (Å²) in [5.74, 6) is -0.841. The smallest absolute Gasteiger partial charge is 0.332 e. The minimum Gasteiger partial charge on any atom is -0.479 e. The summed E-state index contributed by atoms with van der Waals surface area (Å²) in [6.07, 6.45) is 0.921. The number of ether oxygens (including phenoxy) is 2. The number of pyridine rings is 1. The van der Waals surface area contributed by atoms with E-state index in [2.05, 4.69) is 15.6 Å². The summed E-state index contributed by atoms with van der Waals surface area (Å²) in [6.45, 7) is 4.06. The van der Waals surface area contributed by atoms with Crippen LogP contribution in [0.1, 0.15) is 23.7 Å². The Morgan fingerprint density at radius 1 is 1.28 bits per heavy atom. The first-order valence-electron chi connectivity index (χ1n) is 10.4. The third-order valence-electron chi connectivity index (χ3n) is 5.20. The van der Waals surface area contributed by atoms with E-state index in [0.717, 1.165) is 0 Å². The van der Waals surface area contributed by atoms with Gasteiger partial charge in [0.15, 0.2) is 6.10 Å². The van der Waals surface area contributed by atoms with Crippen LogP contribution < -0.4 is 15.5 Å². The molecule has 0 saturated carbocycles. The highest BCUT2D eigenvalue weighted by Gasteiger charge is 2.37. The molecule has 1 atom stereocenters. The fourth-order valence-corrected chi connectivity index (χ4v) is 3.27. The minimum atomic E-state index is -1.03. The summed E-state index contributed by atoms with van der Waals surface area (Å²) >= 11 is 0. The zero-order valence-electron chi connectivity index (χ0n) is 17.8. The Hall–Kier alpha value is -3.25. The quantitative estimate of drug-likeness (QED) is 0.378. The Morgan fingerprint density at radius 3 is 2.72 bits per heavy atom. The Bertz CT molecular complexity index is 841. The summed E-state index contributed by atoms with van der Waals surface area (Å²) in [7, 11) is 0. The maximum absolute atomic E-state index is 12.2. The number of carboxylic acid groups (broad SMARTS) is 1. The number of carboxylic acids is 1. The predicted octanol–water partition coefficient (Wildman–Crippen LogP) is -0.552. The molecule has 2 saturated heterocycles. The molecule has 12 nitrogen and oxygen atoms in total. The van der Waals surface area contributed by atoms with Crippen molar-refractivity contribution in [3.63, 3.8) is 0 Å². The van der Waals surface area contributed by atoms with Crippen molar-refractivity contribution in [3.05, 3.63) is 23.9 Å². The molecule has 3 rings (SSSR count). The van der Waals surface area contributed by atoms with Gasteiger partial charge in [0.1, 0.15) is 5.82 Å². The molecule has 0 bridgehead atoms. The second-order valence-corrected chi connectivity index (χ2v) is 7.48. The Kier molecular flexibility index (Phi) is 7.95. The van der Waals surface area contributed by atoms with Gasteiger partial charge in [0.05, 0.1) is 31.4 Å². The van der Waals surface area contributed by atoms with Crippen LogP contribution in [0, 0.1) is 0 Å². The molecule has 0 aliphatic carbocycles. The van der Waals surface area contributed by atoms with Gasteiger partial charge in [0.25, 0.3) is 5.91 Å². The molecule has 2 fully saturated rings. The van der Waals surface area contributed by atoms with Crippen LogP contribution in [0.4, 0.5) is 10.6 Å². The Balaban J connectivity index is 1.32. The molecule has 2 aliphatic rings. The number of carbonyl (C=O) groups excluding carboxylic acids is 3. The van der Waals surface area contributed by atoms with Gasteiger partial charge in [0, 0.05) is 38.8 Å². The van der Waals surface area contributed by atoms with Crippen LogP contribution in [0.2, 0.25) is 0 Å². The lowest BCUT2D eigenvalue weighted by atomic mass is 10.1. The van der Waals surface area contributed by atoms with E-state index in [1.54, 1.807) is 17.0 Å².